The van der Waals surface area contributed by atoms with Gasteiger partial charge in [0.2, 0.25) is 11.8 Å². The van der Waals surface area contributed by atoms with Crippen LogP contribution in [0.25, 0.3) is 10.9 Å². The fraction of sp³-hybridized carbons (Fsp3) is 0.484. The second-order valence-corrected chi connectivity index (χ2v) is 11.2. The molecule has 1 aromatic heterocycles. The van der Waals surface area contributed by atoms with Crippen LogP contribution in [-0.2, 0) is 22.4 Å². The first-order valence-electron chi connectivity index (χ1n) is 13.9. The number of hydrogen-bond acceptors (Lipinski definition) is 4. The summed E-state index contributed by atoms with van der Waals surface area (Å²) >= 11 is 0. The number of likely N-dealkylation sites (tertiary alicyclic amines) is 1. The molecule has 0 aliphatic carbocycles. The zero-order valence-electron chi connectivity index (χ0n) is 22.7. The number of para-hydroxylation sites is 1. The summed E-state index contributed by atoms with van der Waals surface area (Å²) in [6.07, 6.45) is 6.29. The second kappa shape index (κ2) is 13.1. The molecule has 0 radical (unpaired) electrons. The Morgan fingerprint density at radius 3 is 2.68 bits per heavy atom. The number of aliphatic hydroxyl groups is 1. The number of piperidine rings is 1. The van der Waals surface area contributed by atoms with E-state index in [-0.39, 0.29) is 24.8 Å². The second-order valence-electron chi connectivity index (χ2n) is 11.2. The zero-order chi connectivity index (χ0) is 27.0. The smallest absolute Gasteiger partial charge is 0.245 e. The van der Waals surface area contributed by atoms with E-state index in [1.807, 2.05) is 49.2 Å². The molecule has 7 nitrogen and oxygen atoms in total. The predicted molar refractivity (Wildman–Crippen MR) is 152 cm³/mol. The first-order valence-corrected chi connectivity index (χ1v) is 13.9. The Hall–Kier alpha value is -3.16. The monoisotopic (exact) mass is 518 g/mol. The Bertz CT molecular complexity index is 1190. The summed E-state index contributed by atoms with van der Waals surface area (Å²) in [5.41, 5.74) is 2.90. The maximum atomic E-state index is 13.9. The molecule has 1 aliphatic heterocycles. The van der Waals surface area contributed by atoms with Gasteiger partial charge in [0, 0.05) is 55.2 Å². The molecular formula is C31H42N4O3. The third-order valence-corrected chi connectivity index (χ3v) is 7.47. The maximum absolute atomic E-state index is 13.9. The minimum atomic E-state index is -0.634. The van der Waals surface area contributed by atoms with Crippen LogP contribution >= 0.6 is 0 Å². The van der Waals surface area contributed by atoms with Crippen LogP contribution in [0.4, 0.5) is 0 Å². The molecule has 0 spiro atoms. The number of nitrogens with zero attached hydrogens (tertiary/aromatic N) is 1. The van der Waals surface area contributed by atoms with Gasteiger partial charge in [0.1, 0.15) is 6.04 Å². The van der Waals surface area contributed by atoms with Gasteiger partial charge in [-0.2, -0.15) is 0 Å². The molecule has 1 aliphatic rings. The van der Waals surface area contributed by atoms with E-state index < -0.39 is 11.6 Å². The van der Waals surface area contributed by atoms with Crippen molar-refractivity contribution in [2.24, 2.45) is 5.92 Å². The average Bonchev–Trinajstić information content (AvgIpc) is 3.31. The lowest BCUT2D eigenvalue weighted by Gasteiger charge is -2.35. The van der Waals surface area contributed by atoms with Crippen molar-refractivity contribution in [1.82, 2.24) is 20.5 Å². The summed E-state index contributed by atoms with van der Waals surface area (Å²) in [5.74, 6) is 0.254. The number of carbonyl (C=O) groups is 2. The number of rotatable bonds is 12. The van der Waals surface area contributed by atoms with Crippen LogP contribution in [0.5, 0.6) is 0 Å². The standard InChI is InChI=1S/C31H42N4O3/c1-31(2,33-15-9-17-36)20-29(37)34-28(19-25-21-32-27-14-7-6-13-26(25)27)30(38)35-16-8-12-24(22-35)18-23-10-4-3-5-11-23/h3-7,10-11,13-14,21,24,28,32-33,36H,8-9,12,15-20,22H2,1-2H3,(H,34,37)/t24-,28?/m1/s1. The number of carbonyl (C=O) groups excluding carboxylic acids is 2. The lowest BCUT2D eigenvalue weighted by molar-refractivity contribution is -0.138. The van der Waals surface area contributed by atoms with Crippen LogP contribution in [0.15, 0.2) is 60.8 Å². The molecule has 3 aromatic rings. The van der Waals surface area contributed by atoms with E-state index in [2.05, 4.69) is 45.9 Å². The number of benzene rings is 2. The molecule has 1 unspecified atom stereocenters. The van der Waals surface area contributed by atoms with Crippen molar-refractivity contribution in [3.05, 3.63) is 71.9 Å². The first kappa shape index (κ1) is 27.9. The zero-order valence-corrected chi connectivity index (χ0v) is 22.7. The van der Waals surface area contributed by atoms with E-state index >= 15 is 0 Å². The van der Waals surface area contributed by atoms with Gasteiger partial charge in [-0.3, -0.25) is 9.59 Å². The van der Waals surface area contributed by atoms with Gasteiger partial charge in [-0.25, -0.2) is 0 Å². The molecule has 0 saturated carbocycles. The predicted octanol–water partition coefficient (Wildman–Crippen LogP) is 3.82. The van der Waals surface area contributed by atoms with E-state index in [1.54, 1.807) is 0 Å². The molecule has 2 aromatic carbocycles. The minimum Gasteiger partial charge on any atom is -0.396 e. The van der Waals surface area contributed by atoms with Gasteiger partial charge in [-0.1, -0.05) is 48.5 Å². The summed E-state index contributed by atoms with van der Waals surface area (Å²) in [7, 11) is 0. The van der Waals surface area contributed by atoms with Crippen LogP contribution in [0.2, 0.25) is 0 Å². The largest absolute Gasteiger partial charge is 0.396 e. The number of aromatic nitrogens is 1. The molecule has 2 heterocycles. The number of aromatic amines is 1. The lowest BCUT2D eigenvalue weighted by Crippen LogP contribution is -2.54. The Balaban J connectivity index is 1.48. The van der Waals surface area contributed by atoms with Gasteiger partial charge < -0.3 is 25.6 Å². The van der Waals surface area contributed by atoms with Gasteiger partial charge in [-0.15, -0.1) is 0 Å². The Morgan fingerprint density at radius 1 is 1.13 bits per heavy atom. The summed E-state index contributed by atoms with van der Waals surface area (Å²) < 4.78 is 0. The summed E-state index contributed by atoms with van der Waals surface area (Å²) in [6, 6.07) is 17.9. The van der Waals surface area contributed by atoms with Gasteiger partial charge >= 0.3 is 0 Å². The van der Waals surface area contributed by atoms with E-state index in [9.17, 15) is 9.59 Å². The molecule has 2 atom stereocenters. The van der Waals surface area contributed by atoms with Crippen molar-refractivity contribution in [1.29, 1.82) is 0 Å². The van der Waals surface area contributed by atoms with Crippen molar-refractivity contribution >= 4 is 22.7 Å². The molecule has 7 heteroatoms. The topological polar surface area (TPSA) is 97.5 Å². The number of hydrogen-bond donors (Lipinski definition) is 4. The molecule has 2 amide bonds. The highest BCUT2D eigenvalue weighted by atomic mass is 16.3. The van der Waals surface area contributed by atoms with Crippen molar-refractivity contribution < 1.29 is 14.7 Å². The average molecular weight is 519 g/mol. The Morgan fingerprint density at radius 2 is 1.89 bits per heavy atom. The van der Waals surface area contributed by atoms with Crippen molar-refractivity contribution in [3.63, 3.8) is 0 Å². The van der Waals surface area contributed by atoms with E-state index in [1.165, 1.54) is 5.56 Å². The van der Waals surface area contributed by atoms with Crippen molar-refractivity contribution in [3.8, 4) is 0 Å². The summed E-state index contributed by atoms with van der Waals surface area (Å²) in [4.78, 5) is 32.4. The molecule has 1 saturated heterocycles. The molecular weight excluding hydrogens is 476 g/mol. The van der Waals surface area contributed by atoms with Crippen LogP contribution in [0, 0.1) is 5.92 Å². The molecule has 1 fully saturated rings. The SMILES string of the molecule is CC(C)(CC(=O)NC(Cc1c[nH]c2ccccc12)C(=O)N1CCC[C@H](Cc2ccccc2)C1)NCCCO. The van der Waals surface area contributed by atoms with Gasteiger partial charge in [0.15, 0.2) is 0 Å². The lowest BCUT2D eigenvalue weighted by atomic mass is 9.90. The van der Waals surface area contributed by atoms with Crippen LogP contribution in [0.3, 0.4) is 0 Å². The minimum absolute atomic E-state index is 0.00700. The molecule has 38 heavy (non-hydrogen) atoms. The summed E-state index contributed by atoms with van der Waals surface area (Å²) in [6.45, 7) is 6.11. The number of nitrogens with one attached hydrogen (secondary N) is 3. The van der Waals surface area contributed by atoms with E-state index in [4.69, 9.17) is 5.11 Å². The highest BCUT2D eigenvalue weighted by molar-refractivity contribution is 5.90. The highest BCUT2D eigenvalue weighted by Crippen LogP contribution is 2.24. The first-order chi connectivity index (χ1) is 18.3. The Kier molecular flexibility index (Phi) is 9.58. The summed E-state index contributed by atoms with van der Waals surface area (Å²) in [5, 5.41) is 16.6. The van der Waals surface area contributed by atoms with Gasteiger partial charge in [-0.05, 0) is 69.2 Å². The normalized spacial score (nSPS) is 16.9. The van der Waals surface area contributed by atoms with Gasteiger partial charge in [0.05, 0.1) is 0 Å². The number of amides is 2. The molecule has 4 N–H and O–H groups in total. The number of H-pyrrole nitrogens is 1. The fourth-order valence-electron chi connectivity index (χ4n) is 5.54. The highest BCUT2D eigenvalue weighted by Gasteiger charge is 2.32. The van der Waals surface area contributed by atoms with Gasteiger partial charge in [0.25, 0.3) is 0 Å². The van der Waals surface area contributed by atoms with Crippen LogP contribution in [-0.4, -0.2) is 64.6 Å². The van der Waals surface area contributed by atoms with E-state index in [0.717, 1.165) is 42.3 Å². The number of fused-ring (bicyclic) bond motifs is 1. The Labute approximate surface area is 226 Å². The quantitative estimate of drug-likeness (QED) is 0.274. The van der Waals surface area contributed by atoms with Crippen LogP contribution in [0.1, 0.15) is 50.7 Å². The molecule has 4 rings (SSSR count). The van der Waals surface area contributed by atoms with E-state index in [0.29, 0.717) is 31.8 Å². The maximum Gasteiger partial charge on any atom is 0.245 e. The molecule has 204 valence electrons. The third-order valence-electron chi connectivity index (χ3n) is 7.47. The fourth-order valence-corrected chi connectivity index (χ4v) is 5.54. The molecule has 0 bridgehead atoms. The van der Waals surface area contributed by atoms with Crippen molar-refractivity contribution in [2.45, 2.75) is 64.0 Å². The van der Waals surface area contributed by atoms with Crippen LogP contribution < -0.4 is 10.6 Å². The third kappa shape index (κ3) is 7.68. The number of aliphatic hydroxyl groups excluding tert-OH is 1. The van der Waals surface area contributed by atoms with Crippen molar-refractivity contribution in [2.75, 3.05) is 26.2 Å².